The summed E-state index contributed by atoms with van der Waals surface area (Å²) >= 11 is 0. The highest BCUT2D eigenvalue weighted by Crippen LogP contribution is 2.44. The molecule has 0 radical (unpaired) electrons. The molecule has 2 aliphatic heterocycles. The van der Waals surface area contributed by atoms with Gasteiger partial charge in [0.25, 0.3) is 12.2 Å². The quantitative estimate of drug-likeness (QED) is 0.513. The Kier molecular flexibility index (Phi) is 2.82. The lowest BCUT2D eigenvalue weighted by Crippen LogP contribution is -2.19. The Bertz CT molecular complexity index is 734. The summed E-state index contributed by atoms with van der Waals surface area (Å²) in [5.74, 6) is -0.424. The van der Waals surface area contributed by atoms with Crippen molar-refractivity contribution in [2.75, 3.05) is 0 Å². The largest absolute Gasteiger partial charge is 0.458 e. The highest BCUT2D eigenvalue weighted by molar-refractivity contribution is 5.97. The number of ether oxygens (including phenoxy) is 2. The molecule has 2 heterocycles. The van der Waals surface area contributed by atoms with Gasteiger partial charge in [-0.15, -0.1) is 0 Å². The number of carbonyl (C=O) groups excluding carboxylic acids is 2. The van der Waals surface area contributed by atoms with Gasteiger partial charge in [-0.3, -0.25) is 4.79 Å². The summed E-state index contributed by atoms with van der Waals surface area (Å²) in [5.41, 5.74) is 3.55. The average molecular weight is 297 g/mol. The highest BCUT2D eigenvalue weighted by atomic mass is 16.7. The van der Waals surface area contributed by atoms with E-state index in [1.165, 1.54) is 17.4 Å². The van der Waals surface area contributed by atoms with Crippen molar-refractivity contribution in [3.05, 3.63) is 58.9 Å². The lowest BCUT2D eigenvalue weighted by atomic mass is 9.97. The van der Waals surface area contributed by atoms with E-state index in [0.717, 1.165) is 6.42 Å². The molecule has 3 aliphatic rings. The van der Waals surface area contributed by atoms with Crippen LogP contribution >= 0.6 is 0 Å². The number of carbonyl (C=O) groups is 2. The smallest absolute Gasteiger partial charge is 0.336 e. The van der Waals surface area contributed by atoms with Gasteiger partial charge in [-0.05, 0) is 24.5 Å². The Morgan fingerprint density at radius 3 is 2.91 bits per heavy atom. The van der Waals surface area contributed by atoms with E-state index in [4.69, 9.17) is 9.47 Å². The fourth-order valence-corrected chi connectivity index (χ4v) is 3.31. The van der Waals surface area contributed by atoms with Crippen molar-refractivity contribution < 1.29 is 19.1 Å². The van der Waals surface area contributed by atoms with Crippen LogP contribution in [0.15, 0.2) is 47.7 Å². The van der Waals surface area contributed by atoms with Gasteiger partial charge < -0.3 is 14.8 Å². The van der Waals surface area contributed by atoms with Gasteiger partial charge in [0.05, 0.1) is 17.9 Å². The fourth-order valence-electron chi connectivity index (χ4n) is 3.31. The number of cyclic esters (lactones) is 1. The number of nitrogens with one attached hydrogen (secondary N) is 1. The topological polar surface area (TPSA) is 64.6 Å². The fraction of sp³-hybridized carbons (Fsp3) is 0.294. The minimum absolute atomic E-state index is 0.0157. The minimum atomic E-state index is -0.740. The van der Waals surface area contributed by atoms with Crippen LogP contribution < -0.4 is 5.32 Å². The van der Waals surface area contributed by atoms with Crippen molar-refractivity contribution in [2.45, 2.75) is 25.7 Å². The van der Waals surface area contributed by atoms with Crippen LogP contribution in [0.4, 0.5) is 0 Å². The zero-order valence-electron chi connectivity index (χ0n) is 12.0. The molecule has 5 nitrogen and oxygen atoms in total. The normalized spacial score (nSPS) is 30.7. The first-order chi connectivity index (χ1) is 10.6. The summed E-state index contributed by atoms with van der Waals surface area (Å²) in [6.45, 7) is 1.67. The predicted molar refractivity (Wildman–Crippen MR) is 77.3 cm³/mol. The van der Waals surface area contributed by atoms with Gasteiger partial charge in [0, 0.05) is 17.6 Å². The number of esters is 1. The molecule has 1 unspecified atom stereocenters. The maximum absolute atomic E-state index is 12.1. The van der Waals surface area contributed by atoms with Crippen molar-refractivity contribution in [3.8, 4) is 0 Å². The van der Waals surface area contributed by atoms with Crippen LogP contribution in [-0.2, 0) is 25.5 Å². The average Bonchev–Trinajstić information content (AvgIpc) is 3.10. The lowest BCUT2D eigenvalue weighted by Gasteiger charge is -2.11. The van der Waals surface area contributed by atoms with Crippen LogP contribution in [0.3, 0.4) is 0 Å². The molecular weight excluding hydrogens is 282 g/mol. The third-order valence-electron chi connectivity index (χ3n) is 4.44. The highest BCUT2D eigenvalue weighted by Gasteiger charge is 2.44. The number of amides is 1. The van der Waals surface area contributed by atoms with Crippen LogP contribution in [0.5, 0.6) is 0 Å². The third kappa shape index (κ3) is 1.93. The molecule has 1 aromatic carbocycles. The molecular formula is C17H15NO4. The van der Waals surface area contributed by atoms with Gasteiger partial charge in [0.1, 0.15) is 0 Å². The Morgan fingerprint density at radius 2 is 2.14 bits per heavy atom. The summed E-state index contributed by atoms with van der Waals surface area (Å²) in [6.07, 6.45) is 3.12. The standard InChI is InChI=1S/C17H15NO4/c1-9-6-14(22-17(9)20)21-8-13-12-7-10-4-2-3-5-11(10)15(12)18-16(13)19/h2-6,8,12,14-15H,7H2,1H3,(H,18,19)/b13-8+/t12-,14?,15-/m1/s1. The molecule has 0 bridgehead atoms. The monoisotopic (exact) mass is 297 g/mol. The van der Waals surface area contributed by atoms with E-state index in [1.807, 2.05) is 12.1 Å². The Labute approximate surface area is 127 Å². The maximum atomic E-state index is 12.1. The van der Waals surface area contributed by atoms with Gasteiger partial charge in [-0.25, -0.2) is 4.79 Å². The molecule has 1 aromatic rings. The molecule has 1 aliphatic carbocycles. The van der Waals surface area contributed by atoms with Crippen LogP contribution in [0.1, 0.15) is 24.1 Å². The molecule has 0 aromatic heterocycles. The third-order valence-corrected chi connectivity index (χ3v) is 4.44. The van der Waals surface area contributed by atoms with Crippen LogP contribution in [0.2, 0.25) is 0 Å². The SMILES string of the molecule is CC1=CC(O/C=C2/C(=O)N[C@@H]3c4ccccc4C[C@H]23)OC1=O. The molecule has 112 valence electrons. The van der Waals surface area contributed by atoms with E-state index in [2.05, 4.69) is 17.4 Å². The summed E-state index contributed by atoms with van der Waals surface area (Å²) in [6, 6.07) is 8.14. The Balaban J connectivity index is 1.55. The van der Waals surface area contributed by atoms with Crippen LogP contribution in [0, 0.1) is 5.92 Å². The number of benzene rings is 1. The number of hydrogen-bond donors (Lipinski definition) is 1. The first-order valence-electron chi connectivity index (χ1n) is 7.27. The summed E-state index contributed by atoms with van der Waals surface area (Å²) in [5, 5.41) is 3.00. The van der Waals surface area contributed by atoms with Gasteiger partial charge >= 0.3 is 5.97 Å². The number of fused-ring (bicyclic) bond motifs is 3. The van der Waals surface area contributed by atoms with Gasteiger partial charge in [0.2, 0.25) is 0 Å². The molecule has 1 fully saturated rings. The predicted octanol–water partition coefficient (Wildman–Crippen LogP) is 1.76. The van der Waals surface area contributed by atoms with Crippen molar-refractivity contribution in [1.82, 2.24) is 5.32 Å². The molecule has 1 saturated heterocycles. The van der Waals surface area contributed by atoms with E-state index in [1.54, 1.807) is 13.0 Å². The van der Waals surface area contributed by atoms with Crippen molar-refractivity contribution >= 4 is 11.9 Å². The van der Waals surface area contributed by atoms with Crippen molar-refractivity contribution in [3.63, 3.8) is 0 Å². The molecule has 1 amide bonds. The van der Waals surface area contributed by atoms with Gasteiger partial charge in [-0.2, -0.15) is 0 Å². The van der Waals surface area contributed by atoms with E-state index in [0.29, 0.717) is 11.1 Å². The minimum Gasteiger partial charge on any atom is -0.458 e. The number of hydrogen-bond acceptors (Lipinski definition) is 4. The van der Waals surface area contributed by atoms with E-state index >= 15 is 0 Å². The molecule has 0 saturated carbocycles. The second-order valence-corrected chi connectivity index (χ2v) is 5.79. The van der Waals surface area contributed by atoms with Crippen LogP contribution in [-0.4, -0.2) is 18.2 Å². The van der Waals surface area contributed by atoms with Gasteiger partial charge in [-0.1, -0.05) is 24.3 Å². The zero-order valence-corrected chi connectivity index (χ0v) is 12.0. The molecule has 4 rings (SSSR count). The molecule has 5 heteroatoms. The van der Waals surface area contributed by atoms with E-state index < -0.39 is 6.29 Å². The number of rotatable bonds is 2. The molecule has 22 heavy (non-hydrogen) atoms. The lowest BCUT2D eigenvalue weighted by molar-refractivity contribution is -0.152. The Morgan fingerprint density at radius 1 is 1.32 bits per heavy atom. The second kappa shape index (κ2) is 4.73. The summed E-state index contributed by atoms with van der Waals surface area (Å²) < 4.78 is 10.5. The van der Waals surface area contributed by atoms with E-state index in [-0.39, 0.29) is 23.8 Å². The zero-order chi connectivity index (χ0) is 15.3. The summed E-state index contributed by atoms with van der Waals surface area (Å²) in [7, 11) is 0. The molecule has 0 spiro atoms. The molecule has 3 atom stereocenters. The van der Waals surface area contributed by atoms with Crippen molar-refractivity contribution in [1.29, 1.82) is 0 Å². The first-order valence-corrected chi connectivity index (χ1v) is 7.27. The van der Waals surface area contributed by atoms with Gasteiger partial charge in [0.15, 0.2) is 0 Å². The van der Waals surface area contributed by atoms with Crippen molar-refractivity contribution in [2.24, 2.45) is 5.92 Å². The Hall–Kier alpha value is -2.56. The second-order valence-electron chi connectivity index (χ2n) is 5.79. The first kappa shape index (κ1) is 13.1. The van der Waals surface area contributed by atoms with Crippen LogP contribution in [0.25, 0.3) is 0 Å². The molecule has 1 N–H and O–H groups in total. The summed E-state index contributed by atoms with van der Waals surface area (Å²) in [4.78, 5) is 23.5. The maximum Gasteiger partial charge on any atom is 0.336 e. The van der Waals surface area contributed by atoms with E-state index in [9.17, 15) is 9.59 Å².